The molecule has 0 spiro atoms. The molecule has 2 aromatic carbocycles. The van der Waals surface area contributed by atoms with E-state index in [2.05, 4.69) is 0 Å². The number of non-ortho nitro benzene ring substituents is 1. The zero-order valence-electron chi connectivity index (χ0n) is 16.2. The highest BCUT2D eigenvalue weighted by Crippen LogP contribution is 2.39. The zero-order chi connectivity index (χ0) is 22.3. The molecule has 1 fully saturated rings. The molecule has 0 bridgehead atoms. The second-order valence-corrected chi connectivity index (χ2v) is 7.94. The van der Waals surface area contributed by atoms with Crippen LogP contribution in [0.25, 0.3) is 0 Å². The number of anilines is 2. The molecule has 1 saturated heterocycles. The molecule has 5 atom stereocenters. The van der Waals surface area contributed by atoms with Crippen molar-refractivity contribution in [3.63, 3.8) is 0 Å². The van der Waals surface area contributed by atoms with E-state index in [0.29, 0.717) is 13.0 Å². The Kier molecular flexibility index (Phi) is 5.77. The van der Waals surface area contributed by atoms with Crippen LogP contribution in [0, 0.1) is 10.1 Å². The number of nitro benzene ring substituents is 1. The van der Waals surface area contributed by atoms with Gasteiger partial charge in [-0.1, -0.05) is 0 Å². The molecule has 4 rings (SSSR count). The molecule has 0 aromatic heterocycles. The highest BCUT2D eigenvalue weighted by molar-refractivity contribution is 6.22. The minimum absolute atomic E-state index is 0.0521. The summed E-state index contributed by atoms with van der Waals surface area (Å²) in [5.41, 5.74) is 2.63. The molecule has 0 unspecified atom stereocenters. The molecule has 31 heavy (non-hydrogen) atoms. The summed E-state index contributed by atoms with van der Waals surface area (Å²) >= 11 is 6.23. The molecule has 10 nitrogen and oxygen atoms in total. The summed E-state index contributed by atoms with van der Waals surface area (Å²) in [5, 5.41) is 48.1. The molecule has 166 valence electrons. The molecular formula is C20H21ClN2O8. The lowest BCUT2D eigenvalue weighted by molar-refractivity contribution is -0.384. The van der Waals surface area contributed by atoms with Gasteiger partial charge in [0, 0.05) is 30.1 Å². The van der Waals surface area contributed by atoms with Gasteiger partial charge in [0.1, 0.15) is 24.1 Å². The van der Waals surface area contributed by atoms with Crippen molar-refractivity contribution >= 4 is 28.7 Å². The van der Waals surface area contributed by atoms with Crippen LogP contribution in [0.5, 0.6) is 5.75 Å². The molecule has 2 aliphatic rings. The molecule has 2 heterocycles. The largest absolute Gasteiger partial charge is 0.446 e. The van der Waals surface area contributed by atoms with Crippen LogP contribution in [0.4, 0.5) is 17.1 Å². The lowest BCUT2D eigenvalue weighted by Gasteiger charge is -2.44. The van der Waals surface area contributed by atoms with Gasteiger partial charge in [0.2, 0.25) is 0 Å². The van der Waals surface area contributed by atoms with E-state index in [1.807, 2.05) is 4.90 Å². The maximum atomic E-state index is 11.0. The van der Waals surface area contributed by atoms with E-state index in [1.165, 1.54) is 6.07 Å². The summed E-state index contributed by atoms with van der Waals surface area (Å²) in [6.45, 7) is 0.0223. The van der Waals surface area contributed by atoms with Gasteiger partial charge in [-0.15, -0.1) is 0 Å². The number of aliphatic hydroxyl groups excluding tert-OH is 4. The summed E-state index contributed by atoms with van der Waals surface area (Å²) in [5.74, 6) is 0.223. The van der Waals surface area contributed by atoms with Gasteiger partial charge in [0.05, 0.1) is 11.5 Å². The fourth-order valence-electron chi connectivity index (χ4n) is 3.81. The van der Waals surface area contributed by atoms with Crippen LogP contribution in [-0.2, 0) is 11.2 Å². The Morgan fingerprint density at radius 2 is 1.90 bits per heavy atom. The van der Waals surface area contributed by atoms with Crippen LogP contribution < -0.4 is 9.64 Å². The first-order chi connectivity index (χ1) is 14.7. The average molecular weight is 453 g/mol. The average Bonchev–Trinajstić information content (AvgIpc) is 3.19. The third kappa shape index (κ3) is 3.93. The number of alkyl halides is 1. The zero-order valence-corrected chi connectivity index (χ0v) is 16.9. The topological polar surface area (TPSA) is 146 Å². The number of rotatable bonds is 5. The Morgan fingerprint density at radius 1 is 1.19 bits per heavy atom. The van der Waals surface area contributed by atoms with E-state index in [0.717, 1.165) is 16.9 Å². The number of halogens is 1. The van der Waals surface area contributed by atoms with Crippen LogP contribution in [0.3, 0.4) is 0 Å². The van der Waals surface area contributed by atoms with Crippen molar-refractivity contribution in [1.82, 2.24) is 0 Å². The third-order valence-corrected chi connectivity index (χ3v) is 5.86. The maximum Gasteiger partial charge on any atom is 0.320 e. The molecule has 0 radical (unpaired) electrons. The van der Waals surface area contributed by atoms with Gasteiger partial charge >= 0.3 is 5.25 Å². The number of hydrogen-bond acceptors (Lipinski definition) is 9. The van der Waals surface area contributed by atoms with Gasteiger partial charge in [-0.25, -0.2) is 0 Å². The molecule has 0 amide bonds. The highest BCUT2D eigenvalue weighted by atomic mass is 35.5. The van der Waals surface area contributed by atoms with Crippen molar-refractivity contribution in [3.8, 4) is 5.75 Å². The van der Waals surface area contributed by atoms with E-state index in [4.69, 9.17) is 21.1 Å². The molecule has 4 N–H and O–H groups in total. The van der Waals surface area contributed by atoms with Crippen molar-refractivity contribution < 1.29 is 34.8 Å². The fourth-order valence-corrected chi connectivity index (χ4v) is 4.14. The van der Waals surface area contributed by atoms with Gasteiger partial charge in [0.15, 0.2) is 6.10 Å². The first-order valence-corrected chi connectivity index (χ1v) is 9.97. The summed E-state index contributed by atoms with van der Waals surface area (Å²) in [6, 6.07) is 11.4. The molecule has 0 aliphatic carbocycles. The predicted molar refractivity (Wildman–Crippen MR) is 109 cm³/mol. The molecule has 11 heteroatoms. The summed E-state index contributed by atoms with van der Waals surface area (Å²) < 4.78 is 10.8. The summed E-state index contributed by atoms with van der Waals surface area (Å²) in [7, 11) is 0. The lowest BCUT2D eigenvalue weighted by atomic mass is 9.99. The Balaban J connectivity index is 1.52. The van der Waals surface area contributed by atoms with Crippen LogP contribution in [0.2, 0.25) is 0 Å². The fraction of sp³-hybridized carbons (Fsp3) is 0.400. The maximum absolute atomic E-state index is 11.0. The SMILES string of the molecule is O=[N+]([O-])c1ccc2c(c1)CCN2c1ccc(O[C@@]2(Cl)O[C@H](CO)[C@@H](O)[C@H](O)[C@@H]2O)cc1. The van der Waals surface area contributed by atoms with Gasteiger partial charge in [-0.05, 0) is 53.9 Å². The highest BCUT2D eigenvalue weighted by Gasteiger charge is 2.54. The number of nitrogens with zero attached hydrogens (tertiary/aromatic N) is 2. The number of aliphatic hydroxyl groups is 4. The van der Waals surface area contributed by atoms with Crippen LogP contribution in [-0.4, -0.2) is 68.2 Å². The van der Waals surface area contributed by atoms with Crippen molar-refractivity contribution in [2.24, 2.45) is 0 Å². The lowest BCUT2D eigenvalue weighted by Crippen LogP contribution is -2.65. The predicted octanol–water partition coefficient (Wildman–Crippen LogP) is 1.03. The van der Waals surface area contributed by atoms with Gasteiger partial charge in [0.25, 0.3) is 5.69 Å². The molecule has 2 aliphatic heterocycles. The van der Waals surface area contributed by atoms with Crippen LogP contribution >= 0.6 is 11.6 Å². The molecule has 2 aromatic rings. The van der Waals surface area contributed by atoms with Crippen LogP contribution in [0.15, 0.2) is 42.5 Å². The Morgan fingerprint density at radius 3 is 2.55 bits per heavy atom. The molecular weight excluding hydrogens is 432 g/mol. The smallest absolute Gasteiger partial charge is 0.320 e. The number of benzene rings is 2. The first-order valence-electron chi connectivity index (χ1n) is 9.59. The van der Waals surface area contributed by atoms with E-state index in [1.54, 1.807) is 36.4 Å². The minimum Gasteiger partial charge on any atom is -0.446 e. The van der Waals surface area contributed by atoms with Crippen molar-refractivity contribution in [2.75, 3.05) is 18.1 Å². The van der Waals surface area contributed by atoms with Gasteiger partial charge < -0.3 is 34.8 Å². The van der Waals surface area contributed by atoms with Crippen molar-refractivity contribution in [2.45, 2.75) is 36.1 Å². The second-order valence-electron chi connectivity index (χ2n) is 7.42. The quantitative estimate of drug-likeness (QED) is 0.297. The number of hydrogen-bond donors (Lipinski definition) is 4. The normalized spacial score (nSPS) is 30.2. The second kappa shape index (κ2) is 8.23. The van der Waals surface area contributed by atoms with E-state index >= 15 is 0 Å². The monoisotopic (exact) mass is 452 g/mol. The number of nitro groups is 1. The third-order valence-electron chi connectivity index (χ3n) is 5.47. The van der Waals surface area contributed by atoms with E-state index in [9.17, 15) is 30.5 Å². The van der Waals surface area contributed by atoms with E-state index < -0.39 is 41.2 Å². The standard InChI is InChI=1S/C20H21ClN2O8/c21-20(19(27)18(26)17(25)16(10-24)31-20)30-14-4-1-12(2-5-14)22-8-7-11-9-13(23(28)29)3-6-15(11)22/h1-6,9,16-19,24-27H,7-8,10H2/t16-,17-,18+,19+,20-/m1/s1. The first kappa shape index (κ1) is 21.8. The minimum atomic E-state index is -2.20. The number of fused-ring (bicyclic) bond motifs is 1. The van der Waals surface area contributed by atoms with Crippen LogP contribution in [0.1, 0.15) is 5.56 Å². The Hall–Kier alpha value is -2.47. The van der Waals surface area contributed by atoms with Gasteiger partial charge in [-0.3, -0.25) is 10.1 Å². The van der Waals surface area contributed by atoms with E-state index in [-0.39, 0.29) is 11.4 Å². The van der Waals surface area contributed by atoms with Gasteiger partial charge in [-0.2, -0.15) is 0 Å². The Labute approximate surface area is 182 Å². The number of ether oxygens (including phenoxy) is 2. The summed E-state index contributed by atoms with van der Waals surface area (Å²) in [6.07, 6.45) is -5.53. The summed E-state index contributed by atoms with van der Waals surface area (Å²) in [4.78, 5) is 12.6. The Bertz CT molecular complexity index is 972. The molecule has 0 saturated carbocycles. The van der Waals surface area contributed by atoms with Crippen molar-refractivity contribution in [1.29, 1.82) is 0 Å². The van der Waals surface area contributed by atoms with Crippen molar-refractivity contribution in [3.05, 3.63) is 58.1 Å².